The summed E-state index contributed by atoms with van der Waals surface area (Å²) in [6.45, 7) is -0.803. The van der Waals surface area contributed by atoms with Crippen LogP contribution in [0.4, 0.5) is 8.78 Å². The highest BCUT2D eigenvalue weighted by molar-refractivity contribution is 5.34. The molecule has 0 fully saturated rings. The van der Waals surface area contributed by atoms with Crippen LogP contribution in [0, 0.1) is 11.6 Å². The van der Waals surface area contributed by atoms with Crippen LogP contribution in [-0.4, -0.2) is 56.6 Å². The number of halogens is 2. The van der Waals surface area contributed by atoms with Crippen LogP contribution in [-0.2, 0) is 0 Å². The molecule has 0 aliphatic carbocycles. The van der Waals surface area contributed by atoms with Crippen molar-refractivity contribution in [1.29, 1.82) is 0 Å². The average molecular weight is 354 g/mol. The maximum atomic E-state index is 13.2. The average Bonchev–Trinajstić information content (AvgIpc) is 2.63. The molecule has 0 amide bonds. The fourth-order valence-electron chi connectivity index (χ4n) is 2.66. The number of hydrogen-bond donors (Lipinski definition) is 5. The minimum atomic E-state index is -1.80. The second-order valence-electron chi connectivity index (χ2n) is 5.80. The normalized spacial score (nSPS) is 16.5. The van der Waals surface area contributed by atoms with Crippen molar-refractivity contribution in [2.75, 3.05) is 6.61 Å². The molecule has 25 heavy (non-hydrogen) atoms. The van der Waals surface area contributed by atoms with Crippen LogP contribution in [0.5, 0.6) is 0 Å². The fraction of sp³-hybridized carbons (Fsp3) is 0.333. The molecule has 2 aromatic carbocycles. The van der Waals surface area contributed by atoms with Crippen LogP contribution < -0.4 is 0 Å². The van der Waals surface area contributed by atoms with E-state index in [-0.39, 0.29) is 0 Å². The summed E-state index contributed by atoms with van der Waals surface area (Å²) in [5.41, 5.74) is 0.843. The minimum Gasteiger partial charge on any atom is -0.394 e. The highest BCUT2D eigenvalue weighted by Crippen LogP contribution is 2.31. The molecule has 136 valence electrons. The van der Waals surface area contributed by atoms with E-state index in [9.17, 15) is 29.2 Å². The quantitative estimate of drug-likeness (QED) is 0.499. The molecule has 5 nitrogen and oxygen atoms in total. The van der Waals surface area contributed by atoms with Gasteiger partial charge in [0, 0.05) is 5.92 Å². The van der Waals surface area contributed by atoms with Crippen LogP contribution >= 0.6 is 0 Å². The van der Waals surface area contributed by atoms with Gasteiger partial charge in [-0.05, 0) is 35.4 Å². The molecule has 0 aromatic heterocycles. The SMILES string of the molecule is OC[C@@H](O)[C@@H](O)[C@@H](O)[C@@H](O)C(c1ccc(F)cc1)c1ccc(F)cc1. The molecular formula is C18H20F2O5. The molecule has 0 bridgehead atoms. The summed E-state index contributed by atoms with van der Waals surface area (Å²) >= 11 is 0. The Kier molecular flexibility index (Phi) is 6.57. The summed E-state index contributed by atoms with van der Waals surface area (Å²) in [5, 5.41) is 48.9. The number of rotatable bonds is 7. The van der Waals surface area contributed by atoms with E-state index < -0.39 is 48.6 Å². The molecule has 0 saturated carbocycles. The lowest BCUT2D eigenvalue weighted by molar-refractivity contribution is -0.117. The van der Waals surface area contributed by atoms with Gasteiger partial charge in [0.2, 0.25) is 0 Å². The van der Waals surface area contributed by atoms with Crippen molar-refractivity contribution >= 4 is 0 Å². The predicted octanol–water partition coefficient (Wildman–Crippen LogP) is 0.533. The first-order valence-electron chi connectivity index (χ1n) is 7.69. The Bertz CT molecular complexity index is 617. The predicted molar refractivity (Wildman–Crippen MR) is 85.8 cm³/mol. The molecule has 2 aromatic rings. The van der Waals surface area contributed by atoms with Crippen molar-refractivity contribution in [3.05, 3.63) is 71.3 Å². The topological polar surface area (TPSA) is 101 Å². The van der Waals surface area contributed by atoms with Crippen molar-refractivity contribution in [2.45, 2.75) is 30.3 Å². The summed E-state index contributed by atoms with van der Waals surface area (Å²) in [6.07, 6.45) is -6.86. The molecule has 0 radical (unpaired) electrons. The third kappa shape index (κ3) is 4.59. The molecule has 5 N–H and O–H groups in total. The second kappa shape index (κ2) is 8.46. The highest BCUT2D eigenvalue weighted by atomic mass is 19.1. The smallest absolute Gasteiger partial charge is 0.123 e. The molecule has 7 heteroatoms. The molecule has 0 aliphatic heterocycles. The van der Waals surface area contributed by atoms with Gasteiger partial charge in [0.25, 0.3) is 0 Å². The lowest BCUT2D eigenvalue weighted by Gasteiger charge is -2.31. The van der Waals surface area contributed by atoms with Crippen LogP contribution in [0.15, 0.2) is 48.5 Å². The maximum absolute atomic E-state index is 13.2. The van der Waals surface area contributed by atoms with Gasteiger partial charge in [0.15, 0.2) is 0 Å². The van der Waals surface area contributed by atoms with Crippen LogP contribution in [0.25, 0.3) is 0 Å². The Labute approximate surface area is 143 Å². The largest absolute Gasteiger partial charge is 0.394 e. The number of aliphatic hydroxyl groups is 5. The van der Waals surface area contributed by atoms with Gasteiger partial charge < -0.3 is 25.5 Å². The van der Waals surface area contributed by atoms with Gasteiger partial charge in [-0.25, -0.2) is 8.78 Å². The zero-order valence-corrected chi connectivity index (χ0v) is 13.2. The Morgan fingerprint density at radius 2 is 1.04 bits per heavy atom. The first-order chi connectivity index (χ1) is 11.8. The Balaban J connectivity index is 2.40. The Morgan fingerprint density at radius 1 is 0.640 bits per heavy atom. The van der Waals surface area contributed by atoms with Crippen LogP contribution in [0.3, 0.4) is 0 Å². The summed E-state index contributed by atoms with van der Waals surface area (Å²) in [6, 6.07) is 10.3. The molecule has 0 heterocycles. The maximum Gasteiger partial charge on any atom is 0.123 e. The van der Waals surface area contributed by atoms with E-state index in [2.05, 4.69) is 0 Å². The van der Waals surface area contributed by atoms with Gasteiger partial charge in [0.1, 0.15) is 29.9 Å². The fourth-order valence-corrected chi connectivity index (χ4v) is 2.66. The van der Waals surface area contributed by atoms with Gasteiger partial charge in [-0.15, -0.1) is 0 Å². The van der Waals surface area contributed by atoms with E-state index in [4.69, 9.17) is 5.11 Å². The lowest BCUT2D eigenvalue weighted by atomic mass is 9.82. The molecule has 0 aliphatic rings. The monoisotopic (exact) mass is 354 g/mol. The second-order valence-corrected chi connectivity index (χ2v) is 5.80. The Morgan fingerprint density at radius 3 is 1.40 bits per heavy atom. The van der Waals surface area contributed by atoms with Gasteiger partial charge in [0.05, 0.1) is 12.7 Å². The number of aliphatic hydroxyl groups excluding tert-OH is 5. The van der Waals surface area contributed by atoms with Crippen molar-refractivity contribution in [3.63, 3.8) is 0 Å². The number of hydrogen-bond acceptors (Lipinski definition) is 5. The molecule has 2 rings (SSSR count). The zero-order valence-electron chi connectivity index (χ0n) is 13.2. The van der Waals surface area contributed by atoms with Gasteiger partial charge in [-0.1, -0.05) is 24.3 Å². The Hall–Kier alpha value is -1.90. The van der Waals surface area contributed by atoms with Crippen LogP contribution in [0.1, 0.15) is 17.0 Å². The van der Waals surface area contributed by atoms with Crippen LogP contribution in [0.2, 0.25) is 0 Å². The van der Waals surface area contributed by atoms with Gasteiger partial charge >= 0.3 is 0 Å². The van der Waals surface area contributed by atoms with Gasteiger partial charge in [-0.2, -0.15) is 0 Å². The zero-order chi connectivity index (χ0) is 18.6. The number of benzene rings is 2. The van der Waals surface area contributed by atoms with Crippen molar-refractivity contribution in [1.82, 2.24) is 0 Å². The first-order valence-corrected chi connectivity index (χ1v) is 7.69. The standard InChI is InChI=1S/C18H20F2O5/c19-12-5-1-10(2-6-12)15(11-3-7-13(20)8-4-11)17(24)18(25)16(23)14(22)9-21/h1-8,14-18,21-25H,9H2/t14-,16-,17+,18-/m1/s1. The molecule has 0 spiro atoms. The van der Waals surface area contributed by atoms with E-state index in [1.165, 1.54) is 48.5 Å². The summed E-state index contributed by atoms with van der Waals surface area (Å²) < 4.78 is 26.4. The molecule has 0 saturated heterocycles. The van der Waals surface area contributed by atoms with E-state index in [0.717, 1.165) is 0 Å². The third-order valence-corrected chi connectivity index (χ3v) is 4.08. The van der Waals surface area contributed by atoms with Gasteiger partial charge in [-0.3, -0.25) is 0 Å². The summed E-state index contributed by atoms with van der Waals surface area (Å²) in [7, 11) is 0. The summed E-state index contributed by atoms with van der Waals surface area (Å²) in [4.78, 5) is 0. The van der Waals surface area contributed by atoms with E-state index >= 15 is 0 Å². The minimum absolute atomic E-state index is 0.422. The van der Waals surface area contributed by atoms with Crippen molar-refractivity contribution in [2.24, 2.45) is 0 Å². The lowest BCUT2D eigenvalue weighted by Crippen LogP contribution is -2.48. The first kappa shape index (κ1) is 19.4. The highest BCUT2D eigenvalue weighted by Gasteiger charge is 2.36. The van der Waals surface area contributed by atoms with E-state index in [0.29, 0.717) is 11.1 Å². The third-order valence-electron chi connectivity index (χ3n) is 4.08. The van der Waals surface area contributed by atoms with E-state index in [1.807, 2.05) is 0 Å². The molecular weight excluding hydrogens is 334 g/mol. The van der Waals surface area contributed by atoms with Crippen molar-refractivity contribution in [3.8, 4) is 0 Å². The van der Waals surface area contributed by atoms with E-state index in [1.54, 1.807) is 0 Å². The molecule has 0 unspecified atom stereocenters. The van der Waals surface area contributed by atoms with Crippen molar-refractivity contribution < 1.29 is 34.3 Å². The molecule has 4 atom stereocenters. The summed E-state index contributed by atoms with van der Waals surface area (Å²) in [5.74, 6) is -1.91.